The fourth-order valence-corrected chi connectivity index (χ4v) is 2.95. The second-order valence-corrected chi connectivity index (χ2v) is 5.17. The maximum atomic E-state index is 4.35. The van der Waals surface area contributed by atoms with E-state index >= 15 is 0 Å². The van der Waals surface area contributed by atoms with Gasteiger partial charge in [0.1, 0.15) is 4.60 Å². The molecule has 3 rings (SSSR count). The number of anilines is 1. The van der Waals surface area contributed by atoms with Crippen LogP contribution in [0.1, 0.15) is 5.56 Å². The third-order valence-electron chi connectivity index (χ3n) is 3.54. The fourth-order valence-electron chi connectivity index (χ4n) is 2.57. The summed E-state index contributed by atoms with van der Waals surface area (Å²) in [7, 11) is 0. The zero-order chi connectivity index (χ0) is 11.1. The summed E-state index contributed by atoms with van der Waals surface area (Å²) in [6, 6.07) is 2.82. The van der Waals surface area contributed by atoms with Gasteiger partial charge < -0.3 is 10.2 Å². The number of pyridine rings is 1. The van der Waals surface area contributed by atoms with E-state index in [-0.39, 0.29) is 0 Å². The minimum Gasteiger partial charge on any atom is -0.365 e. The zero-order valence-electron chi connectivity index (χ0n) is 8.99. The molecule has 1 N–H and O–H groups in total. The van der Waals surface area contributed by atoms with E-state index in [1.165, 1.54) is 12.2 Å². The number of rotatable bonds is 2. The van der Waals surface area contributed by atoms with Crippen molar-refractivity contribution in [3.05, 3.63) is 29.0 Å². The summed E-state index contributed by atoms with van der Waals surface area (Å²) in [6.45, 7) is 7.22. The van der Waals surface area contributed by atoms with Crippen LogP contribution < -0.4 is 10.2 Å². The molecule has 4 heteroatoms. The van der Waals surface area contributed by atoms with Gasteiger partial charge in [0, 0.05) is 37.2 Å². The smallest absolute Gasteiger partial charge is 0.113 e. The molecule has 16 heavy (non-hydrogen) atoms. The highest BCUT2D eigenvalue weighted by atomic mass is 79.9. The molecule has 1 aromatic rings. The first-order chi connectivity index (χ1) is 7.79. The van der Waals surface area contributed by atoms with Gasteiger partial charge in [0.2, 0.25) is 0 Å². The van der Waals surface area contributed by atoms with E-state index in [1.54, 1.807) is 0 Å². The molecule has 84 valence electrons. The second-order valence-electron chi connectivity index (χ2n) is 4.42. The van der Waals surface area contributed by atoms with Gasteiger partial charge in [0.15, 0.2) is 0 Å². The van der Waals surface area contributed by atoms with Crippen molar-refractivity contribution in [2.24, 2.45) is 5.92 Å². The van der Waals surface area contributed by atoms with Crippen LogP contribution in [0.3, 0.4) is 0 Å². The van der Waals surface area contributed by atoms with Gasteiger partial charge in [-0.2, -0.15) is 0 Å². The first-order valence-electron chi connectivity index (χ1n) is 5.55. The number of nitrogens with zero attached hydrogens (tertiary/aromatic N) is 2. The lowest BCUT2D eigenvalue weighted by molar-refractivity contribution is 0.365. The van der Waals surface area contributed by atoms with Gasteiger partial charge in [-0.05, 0) is 22.0 Å². The van der Waals surface area contributed by atoms with Crippen LogP contribution in [0.4, 0.5) is 5.69 Å². The highest BCUT2D eigenvalue weighted by molar-refractivity contribution is 9.10. The molecule has 0 bridgehead atoms. The summed E-state index contributed by atoms with van der Waals surface area (Å²) < 4.78 is 0.868. The van der Waals surface area contributed by atoms with E-state index in [2.05, 4.69) is 43.8 Å². The van der Waals surface area contributed by atoms with E-state index < -0.39 is 0 Å². The standard InChI is InChI=1S/C12H14BrN3/c1-2-8-3-10(5-15-12(8)13)16-7-9-4-14-6-11(9)16/h2-3,5,9,11,14H,1,4,6-7H2/t9-,11-/m0/s1. The van der Waals surface area contributed by atoms with Crippen molar-refractivity contribution in [1.82, 2.24) is 10.3 Å². The predicted octanol–water partition coefficient (Wildman–Crippen LogP) is 1.90. The molecule has 0 saturated carbocycles. The highest BCUT2D eigenvalue weighted by Crippen LogP contribution is 2.34. The van der Waals surface area contributed by atoms with Crippen molar-refractivity contribution < 1.29 is 0 Å². The average Bonchev–Trinajstić information content (AvgIpc) is 2.63. The lowest BCUT2D eigenvalue weighted by Crippen LogP contribution is -2.55. The first-order valence-corrected chi connectivity index (χ1v) is 6.34. The monoisotopic (exact) mass is 279 g/mol. The van der Waals surface area contributed by atoms with E-state index in [4.69, 9.17) is 0 Å². The first kappa shape index (κ1) is 10.3. The van der Waals surface area contributed by atoms with Crippen molar-refractivity contribution in [2.45, 2.75) is 6.04 Å². The molecular weight excluding hydrogens is 266 g/mol. The Balaban J connectivity index is 1.87. The molecule has 0 amide bonds. The summed E-state index contributed by atoms with van der Waals surface area (Å²) in [5, 5.41) is 3.43. The summed E-state index contributed by atoms with van der Waals surface area (Å²) in [4.78, 5) is 6.78. The van der Waals surface area contributed by atoms with Crippen LogP contribution in [-0.2, 0) is 0 Å². The summed E-state index contributed by atoms with van der Waals surface area (Å²) >= 11 is 3.42. The third-order valence-corrected chi connectivity index (χ3v) is 4.20. The molecule has 3 heterocycles. The molecule has 2 aliphatic heterocycles. The Hall–Kier alpha value is -0.870. The number of aromatic nitrogens is 1. The van der Waals surface area contributed by atoms with Gasteiger partial charge in [-0.15, -0.1) is 0 Å². The molecule has 3 nitrogen and oxygen atoms in total. The molecule has 1 aromatic heterocycles. The Morgan fingerprint density at radius 3 is 3.19 bits per heavy atom. The average molecular weight is 280 g/mol. The van der Waals surface area contributed by atoms with Crippen molar-refractivity contribution in [3.63, 3.8) is 0 Å². The van der Waals surface area contributed by atoms with Crippen LogP contribution in [0.25, 0.3) is 6.08 Å². The Labute approximate surface area is 104 Å². The van der Waals surface area contributed by atoms with Crippen molar-refractivity contribution in [1.29, 1.82) is 0 Å². The van der Waals surface area contributed by atoms with E-state index in [1.807, 2.05) is 12.3 Å². The predicted molar refractivity (Wildman–Crippen MR) is 69.5 cm³/mol. The van der Waals surface area contributed by atoms with Crippen molar-refractivity contribution >= 4 is 27.7 Å². The van der Waals surface area contributed by atoms with E-state index in [9.17, 15) is 0 Å². The Morgan fingerprint density at radius 2 is 2.44 bits per heavy atom. The number of halogens is 1. The van der Waals surface area contributed by atoms with Gasteiger partial charge in [0.05, 0.1) is 11.9 Å². The van der Waals surface area contributed by atoms with Crippen LogP contribution in [0.5, 0.6) is 0 Å². The molecule has 2 atom stereocenters. The normalized spacial score (nSPS) is 27.4. The van der Waals surface area contributed by atoms with E-state index in [0.29, 0.717) is 6.04 Å². The topological polar surface area (TPSA) is 28.2 Å². The summed E-state index contributed by atoms with van der Waals surface area (Å²) in [5.41, 5.74) is 2.27. The number of fused-ring (bicyclic) bond motifs is 1. The maximum Gasteiger partial charge on any atom is 0.113 e. The van der Waals surface area contributed by atoms with Crippen molar-refractivity contribution in [2.75, 3.05) is 24.5 Å². The van der Waals surface area contributed by atoms with Gasteiger partial charge in [0.25, 0.3) is 0 Å². The molecule has 2 saturated heterocycles. The van der Waals surface area contributed by atoms with Crippen LogP contribution >= 0.6 is 15.9 Å². The molecule has 2 aliphatic rings. The quantitative estimate of drug-likeness (QED) is 0.839. The van der Waals surface area contributed by atoms with Crippen LogP contribution in [0, 0.1) is 5.92 Å². The molecule has 0 unspecified atom stereocenters. The molecule has 0 aromatic carbocycles. The Kier molecular flexibility index (Phi) is 2.48. The van der Waals surface area contributed by atoms with Crippen LogP contribution in [0.15, 0.2) is 23.4 Å². The SMILES string of the molecule is C=Cc1cc(N2C[C@@H]3CNC[C@@H]32)cnc1Br. The molecule has 0 aliphatic carbocycles. The summed E-state index contributed by atoms with van der Waals surface area (Å²) in [6.07, 6.45) is 3.77. The lowest BCUT2D eigenvalue weighted by atomic mass is 9.91. The van der Waals surface area contributed by atoms with Crippen LogP contribution in [-0.4, -0.2) is 30.7 Å². The number of nitrogens with one attached hydrogen (secondary N) is 1. The zero-order valence-corrected chi connectivity index (χ0v) is 10.6. The summed E-state index contributed by atoms with van der Waals surface area (Å²) in [5.74, 6) is 0.829. The molecular formula is C12H14BrN3. The maximum absolute atomic E-state index is 4.35. The van der Waals surface area contributed by atoms with E-state index in [0.717, 1.165) is 29.2 Å². The Morgan fingerprint density at radius 1 is 1.56 bits per heavy atom. The number of hydrogen-bond donors (Lipinski definition) is 1. The fraction of sp³-hybridized carbons (Fsp3) is 0.417. The number of hydrogen-bond acceptors (Lipinski definition) is 3. The van der Waals surface area contributed by atoms with Gasteiger partial charge in [-0.1, -0.05) is 12.7 Å². The molecule has 2 fully saturated rings. The Bertz CT molecular complexity index is 432. The minimum atomic E-state index is 0.667. The van der Waals surface area contributed by atoms with Crippen LogP contribution in [0.2, 0.25) is 0 Å². The molecule has 0 spiro atoms. The molecule has 0 radical (unpaired) electrons. The largest absolute Gasteiger partial charge is 0.365 e. The van der Waals surface area contributed by atoms with Crippen molar-refractivity contribution in [3.8, 4) is 0 Å². The minimum absolute atomic E-state index is 0.667. The van der Waals surface area contributed by atoms with Gasteiger partial charge in [-0.3, -0.25) is 0 Å². The van der Waals surface area contributed by atoms with Gasteiger partial charge >= 0.3 is 0 Å². The third kappa shape index (κ3) is 1.48. The second kappa shape index (κ2) is 3.86. The highest BCUT2D eigenvalue weighted by Gasteiger charge is 2.42. The lowest BCUT2D eigenvalue weighted by Gasteiger charge is -2.45. The van der Waals surface area contributed by atoms with Gasteiger partial charge in [-0.25, -0.2) is 4.98 Å².